The van der Waals surface area contributed by atoms with E-state index in [1.807, 2.05) is 32.0 Å². The molecule has 0 spiro atoms. The van der Waals surface area contributed by atoms with Gasteiger partial charge in [-0.2, -0.15) is 0 Å². The zero-order valence-electron chi connectivity index (χ0n) is 11.6. The van der Waals surface area contributed by atoms with Crippen molar-refractivity contribution in [1.29, 1.82) is 0 Å². The van der Waals surface area contributed by atoms with Crippen LogP contribution in [0.2, 0.25) is 0 Å². The third-order valence-corrected chi connectivity index (χ3v) is 5.47. The Morgan fingerprint density at radius 1 is 1.35 bits per heavy atom. The summed E-state index contributed by atoms with van der Waals surface area (Å²) in [6, 6.07) is 8.78. The predicted molar refractivity (Wildman–Crippen MR) is 85.4 cm³/mol. The van der Waals surface area contributed by atoms with Gasteiger partial charge in [-0.15, -0.1) is 11.3 Å². The summed E-state index contributed by atoms with van der Waals surface area (Å²) in [6.07, 6.45) is 0. The van der Waals surface area contributed by atoms with Crippen LogP contribution in [0.1, 0.15) is 33.8 Å². The molecule has 0 saturated heterocycles. The Hall–Kier alpha value is -1.33. The van der Waals surface area contributed by atoms with Crippen LogP contribution in [0.3, 0.4) is 0 Å². The molecule has 1 N–H and O–H groups in total. The molecule has 0 bridgehead atoms. The molecule has 0 aliphatic carbocycles. The molecular weight excluding hydrogens is 338 g/mol. The van der Waals surface area contributed by atoms with Crippen molar-refractivity contribution < 1.29 is 9.90 Å². The van der Waals surface area contributed by atoms with E-state index in [-0.39, 0.29) is 17.7 Å². The van der Waals surface area contributed by atoms with E-state index in [1.165, 1.54) is 11.3 Å². The first-order valence-electron chi connectivity index (χ1n) is 6.22. The maximum atomic E-state index is 12.5. The summed E-state index contributed by atoms with van der Waals surface area (Å²) >= 11 is 4.89. The van der Waals surface area contributed by atoms with E-state index in [9.17, 15) is 9.90 Å². The Labute approximate surface area is 131 Å². The van der Waals surface area contributed by atoms with Crippen molar-refractivity contribution in [2.75, 3.05) is 7.05 Å². The van der Waals surface area contributed by atoms with Crippen molar-refractivity contribution in [3.8, 4) is 5.75 Å². The molecule has 5 heteroatoms. The van der Waals surface area contributed by atoms with Gasteiger partial charge in [0.2, 0.25) is 0 Å². The molecule has 1 aromatic carbocycles. The lowest BCUT2D eigenvalue weighted by Crippen LogP contribution is -2.29. The van der Waals surface area contributed by atoms with Crippen molar-refractivity contribution in [3.05, 3.63) is 50.1 Å². The average molecular weight is 354 g/mol. The molecule has 0 aliphatic rings. The van der Waals surface area contributed by atoms with Gasteiger partial charge < -0.3 is 10.0 Å². The van der Waals surface area contributed by atoms with Crippen LogP contribution in [-0.2, 0) is 0 Å². The lowest BCUT2D eigenvalue weighted by molar-refractivity contribution is 0.0747. The van der Waals surface area contributed by atoms with Crippen LogP contribution in [0.25, 0.3) is 0 Å². The van der Waals surface area contributed by atoms with E-state index >= 15 is 0 Å². The molecule has 0 aliphatic heterocycles. The largest absolute Gasteiger partial charge is 0.508 e. The van der Waals surface area contributed by atoms with Gasteiger partial charge in [0.1, 0.15) is 5.75 Å². The van der Waals surface area contributed by atoms with Gasteiger partial charge in [-0.05, 0) is 59.1 Å². The van der Waals surface area contributed by atoms with Crippen molar-refractivity contribution in [2.24, 2.45) is 0 Å². The predicted octanol–water partition coefficient (Wildman–Crippen LogP) is 4.36. The van der Waals surface area contributed by atoms with Gasteiger partial charge in [0, 0.05) is 7.05 Å². The second-order valence-electron chi connectivity index (χ2n) is 4.75. The van der Waals surface area contributed by atoms with Crippen molar-refractivity contribution >= 4 is 33.2 Å². The molecule has 106 valence electrons. The molecule has 1 amide bonds. The Morgan fingerprint density at radius 2 is 1.95 bits per heavy atom. The zero-order chi connectivity index (χ0) is 14.9. The zero-order valence-corrected chi connectivity index (χ0v) is 14.0. The summed E-state index contributed by atoms with van der Waals surface area (Å²) in [5.74, 6) is 0.233. The molecule has 1 heterocycles. The van der Waals surface area contributed by atoms with Crippen LogP contribution in [0.4, 0.5) is 0 Å². The second kappa shape index (κ2) is 5.97. The Kier molecular flexibility index (Phi) is 4.50. The highest BCUT2D eigenvalue weighted by atomic mass is 79.9. The number of thiophene rings is 1. The number of halogens is 1. The number of aromatic hydroxyl groups is 1. The van der Waals surface area contributed by atoms with Crippen molar-refractivity contribution in [1.82, 2.24) is 4.90 Å². The minimum atomic E-state index is -0.0516. The summed E-state index contributed by atoms with van der Waals surface area (Å²) in [5.41, 5.74) is 2.06. The number of rotatable bonds is 3. The molecule has 3 nitrogen and oxygen atoms in total. The minimum absolute atomic E-state index is 0.00405. The van der Waals surface area contributed by atoms with Crippen LogP contribution in [0.5, 0.6) is 5.75 Å². The van der Waals surface area contributed by atoms with E-state index in [0.717, 1.165) is 19.8 Å². The number of hydrogen-bond donors (Lipinski definition) is 1. The smallest absolute Gasteiger partial charge is 0.264 e. The minimum Gasteiger partial charge on any atom is -0.508 e. The third-order valence-electron chi connectivity index (χ3n) is 3.34. The van der Waals surface area contributed by atoms with Crippen LogP contribution in [0, 0.1) is 6.92 Å². The van der Waals surface area contributed by atoms with E-state index in [0.29, 0.717) is 0 Å². The van der Waals surface area contributed by atoms with E-state index in [4.69, 9.17) is 0 Å². The molecule has 0 saturated carbocycles. The fraction of sp³-hybridized carbons (Fsp3) is 0.267. The Bertz CT molecular complexity index is 602. The summed E-state index contributed by atoms with van der Waals surface area (Å²) in [4.78, 5) is 14.9. The highest BCUT2D eigenvalue weighted by molar-refractivity contribution is 9.11. The van der Waals surface area contributed by atoms with Gasteiger partial charge in [-0.1, -0.05) is 12.1 Å². The molecule has 20 heavy (non-hydrogen) atoms. The van der Waals surface area contributed by atoms with Crippen molar-refractivity contribution in [2.45, 2.75) is 19.9 Å². The Balaban J connectivity index is 2.19. The second-order valence-corrected chi connectivity index (χ2v) is 7.12. The van der Waals surface area contributed by atoms with Gasteiger partial charge in [-0.25, -0.2) is 0 Å². The normalized spacial score (nSPS) is 12.2. The highest BCUT2D eigenvalue weighted by Gasteiger charge is 2.21. The molecule has 0 radical (unpaired) electrons. The van der Waals surface area contributed by atoms with Crippen LogP contribution in [-0.4, -0.2) is 23.0 Å². The number of phenolic OH excluding ortho intramolecular Hbond substituents is 1. The molecule has 1 unspecified atom stereocenters. The fourth-order valence-electron chi connectivity index (χ4n) is 1.89. The molecule has 2 rings (SSSR count). The van der Waals surface area contributed by atoms with Crippen molar-refractivity contribution in [3.63, 3.8) is 0 Å². The number of benzene rings is 1. The van der Waals surface area contributed by atoms with Gasteiger partial charge >= 0.3 is 0 Å². The number of aryl methyl sites for hydroxylation is 1. The average Bonchev–Trinajstić information content (AvgIpc) is 2.77. The maximum Gasteiger partial charge on any atom is 0.264 e. The van der Waals surface area contributed by atoms with E-state index in [2.05, 4.69) is 15.9 Å². The molecule has 1 atom stereocenters. The summed E-state index contributed by atoms with van der Waals surface area (Å²) in [5, 5.41) is 9.31. The lowest BCUT2D eigenvalue weighted by atomic mass is 10.1. The van der Waals surface area contributed by atoms with Crippen LogP contribution >= 0.6 is 27.3 Å². The van der Waals surface area contributed by atoms with Gasteiger partial charge in [0.25, 0.3) is 5.91 Å². The van der Waals surface area contributed by atoms with Gasteiger partial charge in [0.15, 0.2) is 0 Å². The van der Waals surface area contributed by atoms with Gasteiger partial charge in [-0.3, -0.25) is 4.79 Å². The summed E-state index contributed by atoms with van der Waals surface area (Å²) in [7, 11) is 1.79. The molecule has 0 fully saturated rings. The highest BCUT2D eigenvalue weighted by Crippen LogP contribution is 2.30. The SMILES string of the molecule is Cc1cc(C(=O)N(C)C(C)c2ccc(O)cc2)sc1Br. The summed E-state index contributed by atoms with van der Waals surface area (Å²) in [6.45, 7) is 3.94. The fourth-order valence-corrected chi connectivity index (χ4v) is 3.41. The first kappa shape index (κ1) is 15.1. The maximum absolute atomic E-state index is 12.5. The number of nitrogens with zero attached hydrogens (tertiary/aromatic N) is 1. The lowest BCUT2D eigenvalue weighted by Gasteiger charge is -2.24. The standard InChI is InChI=1S/C15H16BrNO2S/c1-9-8-13(20-14(9)16)15(19)17(3)10(2)11-4-6-12(18)7-5-11/h4-8,10,18H,1-3H3. The number of hydrogen-bond acceptors (Lipinski definition) is 3. The third kappa shape index (κ3) is 3.04. The molecular formula is C15H16BrNO2S. The van der Waals surface area contributed by atoms with Crippen LogP contribution in [0.15, 0.2) is 34.1 Å². The summed E-state index contributed by atoms with van der Waals surface area (Å²) < 4.78 is 0.992. The Morgan fingerprint density at radius 3 is 2.45 bits per heavy atom. The number of carbonyl (C=O) groups excluding carboxylic acids is 1. The number of phenols is 1. The van der Waals surface area contributed by atoms with E-state index in [1.54, 1.807) is 24.1 Å². The van der Waals surface area contributed by atoms with Crippen LogP contribution < -0.4 is 0 Å². The first-order chi connectivity index (χ1) is 9.40. The van der Waals surface area contributed by atoms with E-state index < -0.39 is 0 Å². The molecule has 1 aromatic heterocycles. The number of amides is 1. The topological polar surface area (TPSA) is 40.5 Å². The van der Waals surface area contributed by atoms with Gasteiger partial charge in [0.05, 0.1) is 14.7 Å². The molecule has 2 aromatic rings. The number of carbonyl (C=O) groups is 1. The quantitative estimate of drug-likeness (QED) is 0.890. The first-order valence-corrected chi connectivity index (χ1v) is 7.83. The monoisotopic (exact) mass is 353 g/mol.